The van der Waals surface area contributed by atoms with Crippen molar-refractivity contribution >= 4 is 29.0 Å². The predicted molar refractivity (Wildman–Crippen MR) is 164 cm³/mol. The van der Waals surface area contributed by atoms with Crippen molar-refractivity contribution in [1.82, 2.24) is 14.8 Å². The Morgan fingerprint density at radius 2 is 1.73 bits per heavy atom. The summed E-state index contributed by atoms with van der Waals surface area (Å²) in [5.41, 5.74) is 3.44. The van der Waals surface area contributed by atoms with Crippen LogP contribution in [0.1, 0.15) is 86.4 Å². The fourth-order valence-electron chi connectivity index (χ4n) is 4.61. The van der Waals surface area contributed by atoms with E-state index in [4.69, 9.17) is 9.84 Å². The van der Waals surface area contributed by atoms with Gasteiger partial charge >= 0.3 is 5.97 Å². The molecule has 0 bridgehead atoms. The molecule has 2 heterocycles. The van der Waals surface area contributed by atoms with E-state index in [0.717, 1.165) is 54.1 Å². The van der Waals surface area contributed by atoms with Crippen LogP contribution in [0.15, 0.2) is 35.8 Å². The molecule has 1 aromatic carbocycles. The van der Waals surface area contributed by atoms with E-state index in [2.05, 4.69) is 37.1 Å². The average molecular weight is 565 g/mol. The molecule has 1 aliphatic rings. The SMILES string of the molecule is C#C.CCOC(=O)c1cn(-c2ccc(C)cc2)nc1N(C(=O)C1CCC(C)CC1)C(C)CC.Cc1csc(C)n1. The lowest BCUT2D eigenvalue weighted by atomic mass is 9.82. The molecule has 2 aromatic heterocycles. The molecule has 1 fully saturated rings. The summed E-state index contributed by atoms with van der Waals surface area (Å²) in [4.78, 5) is 32.3. The smallest absolute Gasteiger partial charge is 0.343 e. The van der Waals surface area contributed by atoms with E-state index >= 15 is 0 Å². The summed E-state index contributed by atoms with van der Waals surface area (Å²) >= 11 is 1.69. The molecule has 1 atom stereocenters. The number of rotatable bonds is 7. The third kappa shape index (κ3) is 8.79. The molecule has 7 nitrogen and oxygen atoms in total. The van der Waals surface area contributed by atoms with Crippen LogP contribution >= 0.6 is 11.3 Å². The number of terminal acetylenes is 1. The Balaban J connectivity index is 0.000000534. The summed E-state index contributed by atoms with van der Waals surface area (Å²) in [5.74, 6) is 0.661. The van der Waals surface area contributed by atoms with Crippen molar-refractivity contribution in [1.29, 1.82) is 0 Å². The highest BCUT2D eigenvalue weighted by Gasteiger charge is 2.35. The minimum Gasteiger partial charge on any atom is -0.462 e. The molecule has 3 aromatic rings. The monoisotopic (exact) mass is 564 g/mol. The van der Waals surface area contributed by atoms with Crippen LogP contribution in [0.4, 0.5) is 5.82 Å². The first kappa shape index (κ1) is 32.8. The highest BCUT2D eigenvalue weighted by atomic mass is 32.1. The lowest BCUT2D eigenvalue weighted by molar-refractivity contribution is -0.124. The first-order valence-corrected chi connectivity index (χ1v) is 14.9. The molecule has 0 saturated heterocycles. The van der Waals surface area contributed by atoms with Gasteiger partial charge in [0.05, 0.1) is 17.3 Å². The fraction of sp³-hybridized carbons (Fsp3) is 0.500. The van der Waals surface area contributed by atoms with Gasteiger partial charge in [0.25, 0.3) is 0 Å². The van der Waals surface area contributed by atoms with Crippen molar-refractivity contribution in [2.75, 3.05) is 11.5 Å². The number of esters is 1. The number of aryl methyl sites for hydroxylation is 3. The maximum Gasteiger partial charge on any atom is 0.343 e. The first-order valence-electron chi connectivity index (χ1n) is 14.0. The zero-order valence-electron chi connectivity index (χ0n) is 25.0. The quantitative estimate of drug-likeness (QED) is 0.222. The number of ether oxygens (including phenoxy) is 1. The van der Waals surface area contributed by atoms with E-state index in [-0.39, 0.29) is 24.5 Å². The maximum absolute atomic E-state index is 13.7. The number of nitrogens with zero attached hydrogens (tertiary/aromatic N) is 4. The highest BCUT2D eigenvalue weighted by molar-refractivity contribution is 7.09. The van der Waals surface area contributed by atoms with E-state index in [0.29, 0.717) is 17.3 Å². The summed E-state index contributed by atoms with van der Waals surface area (Å²) in [6.45, 7) is 14.4. The van der Waals surface area contributed by atoms with Crippen LogP contribution in [0.25, 0.3) is 5.69 Å². The number of amides is 1. The number of hydrogen-bond donors (Lipinski definition) is 0. The molecule has 1 amide bonds. The molecule has 40 heavy (non-hydrogen) atoms. The molecule has 4 rings (SSSR count). The number of benzene rings is 1. The van der Waals surface area contributed by atoms with Crippen molar-refractivity contribution in [2.45, 2.75) is 86.6 Å². The Morgan fingerprint density at radius 1 is 1.10 bits per heavy atom. The normalized spacial score (nSPS) is 16.9. The van der Waals surface area contributed by atoms with Crippen LogP contribution in [-0.4, -0.2) is 39.3 Å². The molecular weight excluding hydrogens is 520 g/mol. The van der Waals surface area contributed by atoms with Crippen molar-refractivity contribution in [3.8, 4) is 18.5 Å². The number of hydrogen-bond acceptors (Lipinski definition) is 6. The van der Waals surface area contributed by atoms with Crippen molar-refractivity contribution in [2.24, 2.45) is 11.8 Å². The molecule has 0 N–H and O–H groups in total. The molecule has 1 aliphatic carbocycles. The minimum absolute atomic E-state index is 0.0234. The van der Waals surface area contributed by atoms with Gasteiger partial charge in [0.2, 0.25) is 5.91 Å². The summed E-state index contributed by atoms with van der Waals surface area (Å²) in [6, 6.07) is 7.85. The second kappa shape index (κ2) is 16.0. The number of carbonyl (C=O) groups excluding carboxylic acids is 2. The van der Waals surface area contributed by atoms with Crippen LogP contribution in [0, 0.1) is 45.5 Å². The maximum atomic E-state index is 13.7. The lowest BCUT2D eigenvalue weighted by Crippen LogP contribution is -2.44. The molecule has 0 aliphatic heterocycles. The summed E-state index contributed by atoms with van der Waals surface area (Å²) in [7, 11) is 0. The van der Waals surface area contributed by atoms with Crippen molar-refractivity contribution < 1.29 is 14.3 Å². The van der Waals surface area contributed by atoms with Gasteiger partial charge in [-0.25, -0.2) is 14.5 Å². The van der Waals surface area contributed by atoms with E-state index in [1.807, 2.05) is 52.0 Å². The Hall–Kier alpha value is -3.44. The first-order chi connectivity index (χ1) is 19.1. The summed E-state index contributed by atoms with van der Waals surface area (Å²) in [5, 5.41) is 7.94. The number of anilines is 1. The van der Waals surface area contributed by atoms with Gasteiger partial charge in [-0.2, -0.15) is 0 Å². The van der Waals surface area contributed by atoms with Crippen molar-refractivity contribution in [3.63, 3.8) is 0 Å². The van der Waals surface area contributed by atoms with Crippen LogP contribution in [0.5, 0.6) is 0 Å². The molecule has 216 valence electrons. The zero-order valence-corrected chi connectivity index (χ0v) is 25.8. The number of thiazole rings is 1. The Kier molecular flexibility index (Phi) is 13.1. The fourth-order valence-corrected chi connectivity index (χ4v) is 5.20. The van der Waals surface area contributed by atoms with Crippen LogP contribution < -0.4 is 4.90 Å². The molecule has 0 spiro atoms. The van der Waals surface area contributed by atoms with Crippen LogP contribution in [-0.2, 0) is 9.53 Å². The topological polar surface area (TPSA) is 77.3 Å². The third-order valence-electron chi connectivity index (χ3n) is 7.08. The van der Waals surface area contributed by atoms with Gasteiger partial charge in [-0.3, -0.25) is 9.69 Å². The largest absolute Gasteiger partial charge is 0.462 e. The van der Waals surface area contributed by atoms with Gasteiger partial charge in [-0.1, -0.05) is 31.5 Å². The van der Waals surface area contributed by atoms with E-state index < -0.39 is 5.97 Å². The Bertz CT molecular complexity index is 1220. The van der Waals surface area contributed by atoms with Gasteiger partial charge in [0.1, 0.15) is 5.56 Å². The van der Waals surface area contributed by atoms with Gasteiger partial charge in [-0.05, 0) is 84.8 Å². The second-order valence-corrected chi connectivity index (χ2v) is 11.4. The van der Waals surface area contributed by atoms with E-state index in [1.165, 1.54) is 0 Å². The van der Waals surface area contributed by atoms with Gasteiger partial charge < -0.3 is 4.74 Å². The molecule has 1 saturated carbocycles. The predicted octanol–water partition coefficient (Wildman–Crippen LogP) is 7.32. The van der Waals surface area contributed by atoms with Gasteiger partial charge in [0.15, 0.2) is 5.82 Å². The average Bonchev–Trinajstić information content (AvgIpc) is 3.56. The third-order valence-corrected chi connectivity index (χ3v) is 7.98. The number of aromatic nitrogens is 3. The zero-order chi connectivity index (χ0) is 29.8. The van der Waals surface area contributed by atoms with Crippen LogP contribution in [0.3, 0.4) is 0 Å². The van der Waals surface area contributed by atoms with Crippen molar-refractivity contribution in [3.05, 3.63) is 57.7 Å². The summed E-state index contributed by atoms with van der Waals surface area (Å²) in [6.07, 6.45) is 14.4. The van der Waals surface area contributed by atoms with E-state index in [9.17, 15) is 9.59 Å². The molecule has 0 radical (unpaired) electrons. The standard InChI is InChI=1S/C25H35N3O3.C5H7NS.C2H2/c1-6-19(5)28(24(29)20-12-8-17(3)9-13-20)23-22(25(30)31-7-2)16-27(26-23)21-14-10-18(4)11-15-21;1-4-3-7-5(2)6-4;1-2/h10-11,14-17,19-20H,6-9,12-13H2,1-5H3;3H,1-2H3;1-2H. The molecule has 8 heteroatoms. The second-order valence-electron chi connectivity index (χ2n) is 10.3. The molecular formula is C32H44N4O3S. The van der Waals surface area contributed by atoms with Gasteiger partial charge in [-0.15, -0.1) is 29.3 Å². The van der Waals surface area contributed by atoms with Crippen LogP contribution in [0.2, 0.25) is 0 Å². The Morgan fingerprint density at radius 3 is 2.20 bits per heavy atom. The van der Waals surface area contributed by atoms with Gasteiger partial charge in [0, 0.05) is 29.2 Å². The summed E-state index contributed by atoms with van der Waals surface area (Å²) < 4.78 is 6.98. The number of carbonyl (C=O) groups is 2. The molecule has 1 unspecified atom stereocenters. The van der Waals surface area contributed by atoms with E-state index in [1.54, 1.807) is 34.0 Å². The Labute approximate surface area is 244 Å². The lowest BCUT2D eigenvalue weighted by Gasteiger charge is -2.33. The minimum atomic E-state index is -0.450. The highest BCUT2D eigenvalue weighted by Crippen LogP contribution is 2.33.